The van der Waals surface area contributed by atoms with Crippen molar-refractivity contribution in [1.29, 1.82) is 0 Å². The number of hydrogen-bond acceptors (Lipinski definition) is 4. The van der Waals surface area contributed by atoms with Crippen LogP contribution < -0.4 is 20.1 Å². The van der Waals surface area contributed by atoms with Gasteiger partial charge in [-0.1, -0.05) is 26.0 Å². The van der Waals surface area contributed by atoms with Gasteiger partial charge in [-0.2, -0.15) is 0 Å². The molecule has 0 spiro atoms. The van der Waals surface area contributed by atoms with Crippen LogP contribution in [0.2, 0.25) is 0 Å². The Balaban J connectivity index is 1.46. The van der Waals surface area contributed by atoms with Gasteiger partial charge in [-0.15, -0.1) is 0 Å². The Hall–Kier alpha value is -2.69. The number of carbonyl (C=O) groups excluding carboxylic acids is 1. The Labute approximate surface area is 148 Å². The van der Waals surface area contributed by atoms with Crippen LogP contribution in [0.1, 0.15) is 31.7 Å². The number of anilines is 2. The molecular formula is C20H24N2O3. The molecule has 2 aromatic carbocycles. The number of amides is 1. The molecule has 132 valence electrons. The summed E-state index contributed by atoms with van der Waals surface area (Å²) >= 11 is 0. The molecule has 5 nitrogen and oxygen atoms in total. The topological polar surface area (TPSA) is 59.6 Å². The molecule has 1 heterocycles. The van der Waals surface area contributed by atoms with Crippen LogP contribution >= 0.6 is 0 Å². The average Bonchev–Trinajstić information content (AvgIpc) is 2.62. The second kappa shape index (κ2) is 7.92. The number of nitrogens with one attached hydrogen (secondary N) is 2. The zero-order valence-electron chi connectivity index (χ0n) is 14.7. The van der Waals surface area contributed by atoms with Crippen molar-refractivity contribution in [2.45, 2.75) is 26.2 Å². The van der Waals surface area contributed by atoms with Gasteiger partial charge in [-0.05, 0) is 35.7 Å². The average molecular weight is 340 g/mol. The van der Waals surface area contributed by atoms with Crippen molar-refractivity contribution in [1.82, 2.24) is 0 Å². The molecule has 0 saturated heterocycles. The highest BCUT2D eigenvalue weighted by Crippen LogP contribution is 2.32. The van der Waals surface area contributed by atoms with E-state index in [-0.39, 0.29) is 5.91 Å². The summed E-state index contributed by atoms with van der Waals surface area (Å²) in [6.45, 7) is 6.01. The van der Waals surface area contributed by atoms with E-state index in [2.05, 4.69) is 36.6 Å². The van der Waals surface area contributed by atoms with E-state index in [1.54, 1.807) is 6.07 Å². The van der Waals surface area contributed by atoms with Crippen LogP contribution in [-0.2, 0) is 4.79 Å². The first-order valence-electron chi connectivity index (χ1n) is 8.65. The first-order chi connectivity index (χ1) is 12.1. The third kappa shape index (κ3) is 4.66. The minimum Gasteiger partial charge on any atom is -0.486 e. The molecular weight excluding hydrogens is 316 g/mol. The van der Waals surface area contributed by atoms with Gasteiger partial charge in [-0.3, -0.25) is 4.79 Å². The van der Waals surface area contributed by atoms with Crippen molar-refractivity contribution in [3.63, 3.8) is 0 Å². The zero-order chi connectivity index (χ0) is 17.6. The second-order valence-electron chi connectivity index (χ2n) is 6.36. The molecule has 2 aromatic rings. The monoisotopic (exact) mass is 340 g/mol. The van der Waals surface area contributed by atoms with Gasteiger partial charge in [0.25, 0.3) is 0 Å². The highest BCUT2D eigenvalue weighted by Gasteiger charge is 2.12. The molecule has 0 aliphatic carbocycles. The van der Waals surface area contributed by atoms with E-state index < -0.39 is 0 Å². The smallest absolute Gasteiger partial charge is 0.226 e. The van der Waals surface area contributed by atoms with Gasteiger partial charge in [0, 0.05) is 30.4 Å². The molecule has 0 aromatic heterocycles. The molecule has 1 amide bonds. The molecule has 0 atom stereocenters. The van der Waals surface area contributed by atoms with Crippen molar-refractivity contribution in [2.24, 2.45) is 0 Å². The van der Waals surface area contributed by atoms with Crippen LogP contribution in [0.15, 0.2) is 42.5 Å². The predicted octanol–water partition coefficient (Wildman–Crippen LogP) is 4.02. The summed E-state index contributed by atoms with van der Waals surface area (Å²) in [6, 6.07) is 13.8. The number of carbonyl (C=O) groups is 1. The maximum Gasteiger partial charge on any atom is 0.226 e. The Morgan fingerprint density at radius 3 is 2.40 bits per heavy atom. The largest absolute Gasteiger partial charge is 0.486 e. The SMILES string of the molecule is CC(C)c1ccc(NCCC(=O)Nc2ccc3c(c2)OCCO3)cc1. The lowest BCUT2D eigenvalue weighted by Gasteiger charge is -2.19. The second-order valence-corrected chi connectivity index (χ2v) is 6.36. The first kappa shape index (κ1) is 17.1. The minimum absolute atomic E-state index is 0.0389. The summed E-state index contributed by atoms with van der Waals surface area (Å²) < 4.78 is 11.0. The van der Waals surface area contributed by atoms with Crippen molar-refractivity contribution in [3.8, 4) is 11.5 Å². The van der Waals surface area contributed by atoms with Gasteiger partial charge < -0.3 is 20.1 Å². The normalized spacial score (nSPS) is 12.8. The van der Waals surface area contributed by atoms with Gasteiger partial charge in [0.1, 0.15) is 13.2 Å². The fourth-order valence-electron chi connectivity index (χ4n) is 2.65. The first-order valence-corrected chi connectivity index (χ1v) is 8.65. The van der Waals surface area contributed by atoms with Gasteiger partial charge in [0.05, 0.1) is 0 Å². The lowest BCUT2D eigenvalue weighted by atomic mass is 10.0. The van der Waals surface area contributed by atoms with Crippen LogP contribution in [0.4, 0.5) is 11.4 Å². The van der Waals surface area contributed by atoms with Crippen molar-refractivity contribution < 1.29 is 14.3 Å². The maximum atomic E-state index is 12.1. The van der Waals surface area contributed by atoms with Crippen molar-refractivity contribution >= 4 is 17.3 Å². The zero-order valence-corrected chi connectivity index (χ0v) is 14.7. The summed E-state index contributed by atoms with van der Waals surface area (Å²) in [5.41, 5.74) is 3.05. The van der Waals surface area contributed by atoms with Gasteiger partial charge >= 0.3 is 0 Å². The standard InChI is InChI=1S/C20H24N2O3/c1-14(2)15-3-5-16(6-4-15)21-10-9-20(23)22-17-7-8-18-19(13-17)25-12-11-24-18/h3-8,13-14,21H,9-12H2,1-2H3,(H,22,23). The van der Waals surface area contributed by atoms with E-state index in [1.807, 2.05) is 24.3 Å². The number of benzene rings is 2. The summed E-state index contributed by atoms with van der Waals surface area (Å²) in [4.78, 5) is 12.1. The molecule has 0 fully saturated rings. The third-order valence-electron chi connectivity index (χ3n) is 4.08. The summed E-state index contributed by atoms with van der Waals surface area (Å²) in [7, 11) is 0. The summed E-state index contributed by atoms with van der Waals surface area (Å²) in [5.74, 6) is 1.87. The molecule has 0 saturated carbocycles. The van der Waals surface area contributed by atoms with E-state index in [0.717, 1.165) is 17.1 Å². The fourth-order valence-corrected chi connectivity index (χ4v) is 2.65. The molecule has 25 heavy (non-hydrogen) atoms. The van der Waals surface area contributed by atoms with Crippen LogP contribution in [0.3, 0.4) is 0 Å². The Kier molecular flexibility index (Phi) is 5.43. The maximum absolute atomic E-state index is 12.1. The summed E-state index contributed by atoms with van der Waals surface area (Å²) in [5, 5.41) is 6.16. The van der Waals surface area contributed by atoms with Gasteiger partial charge in [-0.25, -0.2) is 0 Å². The Bertz CT molecular complexity index is 726. The molecule has 0 radical (unpaired) electrons. The van der Waals surface area contributed by atoms with Gasteiger partial charge in [0.15, 0.2) is 11.5 Å². The summed E-state index contributed by atoms with van der Waals surface area (Å²) in [6.07, 6.45) is 0.389. The van der Waals surface area contributed by atoms with Crippen molar-refractivity contribution in [3.05, 3.63) is 48.0 Å². The number of hydrogen-bond donors (Lipinski definition) is 2. The minimum atomic E-state index is -0.0389. The predicted molar refractivity (Wildman–Crippen MR) is 99.7 cm³/mol. The van der Waals surface area contributed by atoms with E-state index in [4.69, 9.17) is 9.47 Å². The molecule has 0 unspecified atom stereocenters. The highest BCUT2D eigenvalue weighted by atomic mass is 16.6. The van der Waals surface area contributed by atoms with Crippen LogP contribution in [0.5, 0.6) is 11.5 Å². The van der Waals surface area contributed by atoms with Crippen LogP contribution in [0, 0.1) is 0 Å². The number of ether oxygens (including phenoxy) is 2. The van der Waals surface area contributed by atoms with Crippen LogP contribution in [-0.4, -0.2) is 25.7 Å². The lowest BCUT2D eigenvalue weighted by Crippen LogP contribution is -2.18. The van der Waals surface area contributed by atoms with E-state index >= 15 is 0 Å². The molecule has 0 bridgehead atoms. The van der Waals surface area contributed by atoms with Crippen molar-refractivity contribution in [2.75, 3.05) is 30.4 Å². The highest BCUT2D eigenvalue weighted by molar-refractivity contribution is 5.91. The quantitative estimate of drug-likeness (QED) is 0.834. The number of fused-ring (bicyclic) bond motifs is 1. The fraction of sp³-hybridized carbons (Fsp3) is 0.350. The molecule has 1 aliphatic heterocycles. The molecule has 5 heteroatoms. The molecule has 2 N–H and O–H groups in total. The van der Waals surface area contributed by atoms with Crippen LogP contribution in [0.25, 0.3) is 0 Å². The Morgan fingerprint density at radius 1 is 1.00 bits per heavy atom. The molecule has 3 rings (SSSR count). The van der Waals surface area contributed by atoms with E-state index in [9.17, 15) is 4.79 Å². The lowest BCUT2D eigenvalue weighted by molar-refractivity contribution is -0.115. The van der Waals surface area contributed by atoms with E-state index in [0.29, 0.717) is 37.8 Å². The third-order valence-corrected chi connectivity index (χ3v) is 4.08. The van der Waals surface area contributed by atoms with E-state index in [1.165, 1.54) is 5.56 Å². The molecule has 1 aliphatic rings. The Morgan fingerprint density at radius 2 is 1.68 bits per heavy atom. The number of rotatable bonds is 6. The van der Waals surface area contributed by atoms with Gasteiger partial charge in [0.2, 0.25) is 5.91 Å².